The number of rotatable bonds is 2. The first kappa shape index (κ1) is 10.8. The van der Waals surface area contributed by atoms with Crippen LogP contribution in [0.1, 0.15) is 45.3 Å². The molecule has 0 spiro atoms. The minimum atomic E-state index is -0.0776. The lowest BCUT2D eigenvalue weighted by Gasteiger charge is -2.19. The Morgan fingerprint density at radius 1 is 1.21 bits per heavy atom. The predicted molar refractivity (Wildman–Crippen MR) is 59.6 cm³/mol. The minimum absolute atomic E-state index is 0.0776. The second-order valence-corrected chi connectivity index (χ2v) is 4.14. The molecule has 0 fully saturated rings. The van der Waals surface area contributed by atoms with Crippen LogP contribution >= 0.6 is 0 Å². The molecule has 78 valence electrons. The van der Waals surface area contributed by atoms with Crippen LogP contribution in [0, 0.1) is 0 Å². The molecule has 0 aliphatic carbocycles. The molecule has 0 amide bonds. The number of hydrogen-bond acceptors (Lipinski definition) is 2. The van der Waals surface area contributed by atoms with Gasteiger partial charge < -0.3 is 10.3 Å². The molecule has 0 aliphatic heterocycles. The summed E-state index contributed by atoms with van der Waals surface area (Å²) in [6.07, 6.45) is 0. The maximum absolute atomic E-state index is 11.8. The van der Waals surface area contributed by atoms with Gasteiger partial charge in [0, 0.05) is 11.7 Å². The fourth-order valence-corrected chi connectivity index (χ4v) is 1.59. The lowest BCUT2D eigenvalue weighted by molar-refractivity contribution is 0.536. The highest BCUT2D eigenvalue weighted by Gasteiger charge is 2.11. The van der Waals surface area contributed by atoms with Gasteiger partial charge in [0.1, 0.15) is 0 Å². The normalized spacial score (nSPS) is 11.3. The maximum atomic E-state index is 11.8. The highest BCUT2D eigenvalue weighted by Crippen LogP contribution is 2.17. The summed E-state index contributed by atoms with van der Waals surface area (Å²) in [5, 5.41) is 0. The van der Waals surface area contributed by atoms with E-state index in [2.05, 4.69) is 13.8 Å². The Morgan fingerprint density at radius 3 is 2.21 bits per heavy atom. The number of nitrogens with zero attached hydrogens (tertiary/aromatic N) is 1. The number of aromatic nitrogens is 1. The van der Waals surface area contributed by atoms with Crippen LogP contribution in [0.3, 0.4) is 0 Å². The third kappa shape index (κ3) is 1.81. The Morgan fingerprint density at radius 2 is 1.79 bits per heavy atom. The fraction of sp³-hybridized carbons (Fsp3) is 0.545. The predicted octanol–water partition coefficient (Wildman–Crippen LogP) is 2.13. The summed E-state index contributed by atoms with van der Waals surface area (Å²) in [4.78, 5) is 11.8. The van der Waals surface area contributed by atoms with E-state index in [-0.39, 0.29) is 11.6 Å². The summed E-state index contributed by atoms with van der Waals surface area (Å²) < 4.78 is 1.76. The van der Waals surface area contributed by atoms with Crippen molar-refractivity contribution in [2.75, 3.05) is 5.73 Å². The van der Waals surface area contributed by atoms with E-state index < -0.39 is 0 Å². The van der Waals surface area contributed by atoms with Crippen LogP contribution in [0.2, 0.25) is 0 Å². The maximum Gasteiger partial charge on any atom is 0.274 e. The first-order chi connectivity index (χ1) is 6.45. The number of pyridine rings is 1. The monoisotopic (exact) mass is 194 g/mol. The molecule has 0 saturated carbocycles. The second-order valence-electron chi connectivity index (χ2n) is 4.14. The van der Waals surface area contributed by atoms with Gasteiger partial charge in [0.15, 0.2) is 0 Å². The average molecular weight is 194 g/mol. The van der Waals surface area contributed by atoms with Crippen LogP contribution in [0.4, 0.5) is 5.69 Å². The zero-order chi connectivity index (χ0) is 10.9. The minimum Gasteiger partial charge on any atom is -0.394 e. The molecular weight excluding hydrogens is 176 g/mol. The summed E-state index contributed by atoms with van der Waals surface area (Å²) >= 11 is 0. The average Bonchev–Trinajstić information content (AvgIpc) is 2.08. The molecule has 1 aromatic rings. The number of anilines is 1. The van der Waals surface area contributed by atoms with E-state index in [0.29, 0.717) is 11.6 Å². The van der Waals surface area contributed by atoms with Crippen molar-refractivity contribution in [3.63, 3.8) is 0 Å². The van der Waals surface area contributed by atoms with E-state index in [4.69, 9.17) is 5.73 Å². The van der Waals surface area contributed by atoms with Crippen LogP contribution in [-0.2, 0) is 0 Å². The second kappa shape index (κ2) is 3.86. The summed E-state index contributed by atoms with van der Waals surface area (Å²) in [5.74, 6) is 0.339. The summed E-state index contributed by atoms with van der Waals surface area (Å²) in [6, 6.07) is 3.78. The van der Waals surface area contributed by atoms with E-state index in [9.17, 15) is 4.79 Å². The third-order valence-corrected chi connectivity index (χ3v) is 2.29. The van der Waals surface area contributed by atoms with Crippen molar-refractivity contribution in [1.29, 1.82) is 0 Å². The lowest BCUT2D eigenvalue weighted by atomic mass is 10.1. The number of nitrogens with two attached hydrogens (primary N) is 1. The Balaban J connectivity index is 3.46. The SMILES string of the molecule is CC(C)c1ccc(N)c(=O)n1C(C)C. The molecule has 3 heteroatoms. The first-order valence-corrected chi connectivity index (χ1v) is 4.96. The zero-order valence-corrected chi connectivity index (χ0v) is 9.24. The standard InChI is InChI=1S/C11H18N2O/c1-7(2)10-6-5-9(12)11(14)13(10)8(3)4/h5-8H,12H2,1-4H3. The Hall–Kier alpha value is -1.25. The molecule has 1 heterocycles. The largest absolute Gasteiger partial charge is 0.394 e. The fourth-order valence-electron chi connectivity index (χ4n) is 1.59. The van der Waals surface area contributed by atoms with Gasteiger partial charge in [0.25, 0.3) is 5.56 Å². The van der Waals surface area contributed by atoms with Gasteiger partial charge in [-0.2, -0.15) is 0 Å². The molecular formula is C11H18N2O. The van der Waals surface area contributed by atoms with Crippen LogP contribution < -0.4 is 11.3 Å². The Labute approximate surface area is 84.6 Å². The van der Waals surface area contributed by atoms with Crippen molar-refractivity contribution < 1.29 is 0 Å². The quantitative estimate of drug-likeness (QED) is 0.784. The van der Waals surface area contributed by atoms with Crippen molar-refractivity contribution in [3.05, 3.63) is 28.2 Å². The zero-order valence-electron chi connectivity index (χ0n) is 9.24. The van der Waals surface area contributed by atoms with Gasteiger partial charge in [-0.05, 0) is 31.9 Å². The van der Waals surface area contributed by atoms with Gasteiger partial charge in [0.2, 0.25) is 0 Å². The molecule has 0 unspecified atom stereocenters. The smallest absolute Gasteiger partial charge is 0.274 e. The van der Waals surface area contributed by atoms with E-state index in [1.807, 2.05) is 19.9 Å². The van der Waals surface area contributed by atoms with E-state index >= 15 is 0 Å². The third-order valence-electron chi connectivity index (χ3n) is 2.29. The first-order valence-electron chi connectivity index (χ1n) is 4.96. The summed E-state index contributed by atoms with van der Waals surface area (Å²) in [5.41, 5.74) is 6.88. The van der Waals surface area contributed by atoms with Crippen molar-refractivity contribution in [3.8, 4) is 0 Å². The van der Waals surface area contributed by atoms with E-state index in [1.165, 1.54) is 0 Å². The van der Waals surface area contributed by atoms with Crippen LogP contribution in [-0.4, -0.2) is 4.57 Å². The van der Waals surface area contributed by atoms with Gasteiger partial charge in [-0.1, -0.05) is 13.8 Å². The van der Waals surface area contributed by atoms with Crippen LogP contribution in [0.15, 0.2) is 16.9 Å². The Kier molecular flexibility index (Phi) is 2.99. The molecule has 0 aromatic carbocycles. The summed E-state index contributed by atoms with van der Waals surface area (Å²) in [7, 11) is 0. The molecule has 0 saturated heterocycles. The number of nitrogen functional groups attached to an aromatic ring is 1. The van der Waals surface area contributed by atoms with Gasteiger partial charge in [-0.3, -0.25) is 4.79 Å². The Bertz CT molecular complexity index is 377. The van der Waals surface area contributed by atoms with Crippen molar-refractivity contribution in [2.24, 2.45) is 0 Å². The molecule has 0 atom stereocenters. The van der Waals surface area contributed by atoms with Crippen molar-refractivity contribution in [2.45, 2.75) is 39.7 Å². The van der Waals surface area contributed by atoms with Gasteiger partial charge >= 0.3 is 0 Å². The summed E-state index contributed by atoms with van der Waals surface area (Å²) in [6.45, 7) is 8.13. The molecule has 1 rings (SSSR count). The van der Waals surface area contributed by atoms with Crippen LogP contribution in [0.5, 0.6) is 0 Å². The highest BCUT2D eigenvalue weighted by atomic mass is 16.1. The molecule has 2 N–H and O–H groups in total. The molecule has 3 nitrogen and oxygen atoms in total. The highest BCUT2D eigenvalue weighted by molar-refractivity contribution is 5.36. The topological polar surface area (TPSA) is 48.0 Å². The van der Waals surface area contributed by atoms with Crippen molar-refractivity contribution >= 4 is 5.69 Å². The van der Waals surface area contributed by atoms with Gasteiger partial charge in [-0.25, -0.2) is 0 Å². The molecule has 0 bridgehead atoms. The van der Waals surface area contributed by atoms with Crippen LogP contribution in [0.25, 0.3) is 0 Å². The van der Waals surface area contributed by atoms with Gasteiger partial charge in [0.05, 0.1) is 5.69 Å². The molecule has 0 aliphatic rings. The number of hydrogen-bond donors (Lipinski definition) is 1. The molecule has 14 heavy (non-hydrogen) atoms. The van der Waals surface area contributed by atoms with Crippen molar-refractivity contribution in [1.82, 2.24) is 4.57 Å². The van der Waals surface area contributed by atoms with E-state index in [1.54, 1.807) is 10.6 Å². The van der Waals surface area contributed by atoms with Gasteiger partial charge in [-0.15, -0.1) is 0 Å². The molecule has 0 radical (unpaired) electrons. The molecule has 1 aromatic heterocycles. The lowest BCUT2D eigenvalue weighted by Crippen LogP contribution is -2.27. The van der Waals surface area contributed by atoms with E-state index in [0.717, 1.165) is 5.69 Å².